The summed E-state index contributed by atoms with van der Waals surface area (Å²) in [6.07, 6.45) is 7.83. The second kappa shape index (κ2) is 5.46. The van der Waals surface area contributed by atoms with Crippen LogP contribution >= 0.6 is 0 Å². The molecule has 0 saturated heterocycles. The number of H-pyrrole nitrogens is 1. The van der Waals surface area contributed by atoms with Gasteiger partial charge >= 0.3 is 0 Å². The first-order valence-corrected chi connectivity index (χ1v) is 11.1. The average molecular weight is 392 g/mol. The molecule has 0 fully saturated rings. The van der Waals surface area contributed by atoms with Gasteiger partial charge in [-0.25, -0.2) is 0 Å². The SMILES string of the molecule is CC(C)(C)c1cc2c3c(c4cc(C(C)(C)C)cc5c6[nH]ccc6c(c1)c2c45)C=CC3. The molecular weight excluding hydrogens is 362 g/mol. The molecule has 0 radical (unpaired) electrons. The second-order valence-corrected chi connectivity index (χ2v) is 11.2. The summed E-state index contributed by atoms with van der Waals surface area (Å²) in [7, 11) is 0. The van der Waals surface area contributed by atoms with Crippen molar-refractivity contribution in [2.24, 2.45) is 0 Å². The first kappa shape index (κ1) is 18.0. The van der Waals surface area contributed by atoms with E-state index in [9.17, 15) is 0 Å². The molecule has 1 aliphatic rings. The fourth-order valence-corrected chi connectivity index (χ4v) is 5.38. The van der Waals surface area contributed by atoms with Crippen molar-refractivity contribution in [1.29, 1.82) is 0 Å². The van der Waals surface area contributed by atoms with E-state index in [2.05, 4.69) is 95.2 Å². The molecule has 6 rings (SSSR count). The molecule has 0 atom stereocenters. The van der Waals surface area contributed by atoms with Crippen molar-refractivity contribution in [1.82, 2.24) is 4.98 Å². The van der Waals surface area contributed by atoms with Crippen LogP contribution in [-0.2, 0) is 17.3 Å². The minimum atomic E-state index is 0.109. The summed E-state index contributed by atoms with van der Waals surface area (Å²) in [6.45, 7) is 13.9. The van der Waals surface area contributed by atoms with Crippen LogP contribution < -0.4 is 0 Å². The maximum atomic E-state index is 3.59. The third-order valence-electron chi connectivity index (χ3n) is 7.11. The smallest absolute Gasteiger partial charge is 0.0540 e. The van der Waals surface area contributed by atoms with Crippen LogP contribution in [0.4, 0.5) is 0 Å². The van der Waals surface area contributed by atoms with Crippen LogP contribution in [0, 0.1) is 0 Å². The molecule has 1 heteroatoms. The van der Waals surface area contributed by atoms with Crippen LogP contribution in [0.1, 0.15) is 63.8 Å². The maximum absolute atomic E-state index is 3.59. The van der Waals surface area contributed by atoms with Gasteiger partial charge in [-0.1, -0.05) is 59.8 Å². The summed E-state index contributed by atoms with van der Waals surface area (Å²) < 4.78 is 0. The molecule has 150 valence electrons. The van der Waals surface area contributed by atoms with Crippen molar-refractivity contribution in [3.8, 4) is 0 Å². The zero-order valence-corrected chi connectivity index (χ0v) is 18.8. The molecule has 0 aliphatic heterocycles. The van der Waals surface area contributed by atoms with E-state index < -0.39 is 0 Å². The fourth-order valence-electron chi connectivity index (χ4n) is 5.38. The van der Waals surface area contributed by atoms with Crippen molar-refractivity contribution >= 4 is 49.3 Å². The Morgan fingerprint density at radius 1 is 0.700 bits per heavy atom. The van der Waals surface area contributed by atoms with E-state index in [-0.39, 0.29) is 10.8 Å². The molecule has 30 heavy (non-hydrogen) atoms. The van der Waals surface area contributed by atoms with Crippen molar-refractivity contribution in [3.05, 3.63) is 64.9 Å². The average Bonchev–Trinajstić information content (AvgIpc) is 3.35. The van der Waals surface area contributed by atoms with Gasteiger partial charge in [-0.15, -0.1) is 0 Å². The molecule has 1 aliphatic carbocycles. The van der Waals surface area contributed by atoms with Gasteiger partial charge in [-0.3, -0.25) is 0 Å². The number of benzene rings is 4. The van der Waals surface area contributed by atoms with Gasteiger partial charge < -0.3 is 4.98 Å². The van der Waals surface area contributed by atoms with Gasteiger partial charge in [0.05, 0.1) is 5.52 Å². The predicted molar refractivity (Wildman–Crippen MR) is 132 cm³/mol. The molecule has 5 aromatic rings. The lowest BCUT2D eigenvalue weighted by molar-refractivity contribution is 0.591. The molecule has 1 aromatic heterocycles. The van der Waals surface area contributed by atoms with E-state index >= 15 is 0 Å². The lowest BCUT2D eigenvalue weighted by Crippen LogP contribution is -2.12. The largest absolute Gasteiger partial charge is 0.361 e. The zero-order chi connectivity index (χ0) is 21.0. The van der Waals surface area contributed by atoms with E-state index in [0.29, 0.717) is 0 Å². The standard InChI is InChI=1S/C29H29N/c1-28(2,3)16-12-21-18-8-7-9-19(18)22-13-17(29(4,5)6)15-24-26(22)25(21)23(14-16)20-10-11-30-27(20)24/h7,9-15,30H,8H2,1-6H3. The number of nitrogens with one attached hydrogen (secondary N) is 1. The summed E-state index contributed by atoms with van der Waals surface area (Å²) in [6, 6.07) is 12.1. The van der Waals surface area contributed by atoms with Crippen molar-refractivity contribution in [3.63, 3.8) is 0 Å². The molecule has 1 N–H and O–H groups in total. The molecule has 4 aromatic carbocycles. The Labute approximate surface area is 178 Å². The number of hydrogen-bond donors (Lipinski definition) is 1. The van der Waals surface area contributed by atoms with E-state index in [1.807, 2.05) is 0 Å². The molecule has 1 nitrogen and oxygen atoms in total. The number of allylic oxidation sites excluding steroid dienone is 1. The highest BCUT2D eigenvalue weighted by Gasteiger charge is 2.26. The highest BCUT2D eigenvalue weighted by Crippen LogP contribution is 2.48. The first-order chi connectivity index (χ1) is 14.1. The lowest BCUT2D eigenvalue weighted by Gasteiger charge is -2.26. The van der Waals surface area contributed by atoms with Crippen molar-refractivity contribution in [2.75, 3.05) is 0 Å². The van der Waals surface area contributed by atoms with Crippen molar-refractivity contribution in [2.45, 2.75) is 58.8 Å². The Morgan fingerprint density at radius 3 is 2.00 bits per heavy atom. The summed E-state index contributed by atoms with van der Waals surface area (Å²) in [5.74, 6) is 0. The fraction of sp³-hybridized carbons (Fsp3) is 0.310. The van der Waals surface area contributed by atoms with Crippen LogP contribution in [0.2, 0.25) is 0 Å². The molecule has 0 unspecified atom stereocenters. The van der Waals surface area contributed by atoms with Gasteiger partial charge in [-0.2, -0.15) is 0 Å². The third kappa shape index (κ3) is 2.24. The minimum absolute atomic E-state index is 0.109. The Hall–Kier alpha value is -2.80. The van der Waals surface area contributed by atoms with Crippen LogP contribution in [0.3, 0.4) is 0 Å². The van der Waals surface area contributed by atoms with Gasteiger partial charge in [0.25, 0.3) is 0 Å². The number of fused-ring (bicyclic) bond motifs is 6. The first-order valence-electron chi connectivity index (χ1n) is 11.1. The molecule has 0 spiro atoms. The lowest BCUT2D eigenvalue weighted by atomic mass is 9.78. The van der Waals surface area contributed by atoms with Gasteiger partial charge in [0.15, 0.2) is 0 Å². The van der Waals surface area contributed by atoms with Gasteiger partial charge in [-0.05, 0) is 85.3 Å². The number of hydrogen-bond acceptors (Lipinski definition) is 0. The van der Waals surface area contributed by atoms with E-state index in [4.69, 9.17) is 0 Å². The van der Waals surface area contributed by atoms with E-state index in [0.717, 1.165) is 6.42 Å². The molecule has 0 bridgehead atoms. The zero-order valence-electron chi connectivity index (χ0n) is 18.8. The number of aromatic nitrogens is 1. The molecule has 0 amide bonds. The number of rotatable bonds is 0. The van der Waals surface area contributed by atoms with Gasteiger partial charge in [0, 0.05) is 22.4 Å². The van der Waals surface area contributed by atoms with Crippen LogP contribution in [0.25, 0.3) is 49.3 Å². The van der Waals surface area contributed by atoms with Crippen molar-refractivity contribution < 1.29 is 0 Å². The second-order valence-electron chi connectivity index (χ2n) is 11.2. The highest BCUT2D eigenvalue weighted by molar-refractivity contribution is 6.35. The minimum Gasteiger partial charge on any atom is -0.361 e. The van der Waals surface area contributed by atoms with Gasteiger partial charge in [0.1, 0.15) is 0 Å². The summed E-state index contributed by atoms with van der Waals surface area (Å²) in [5.41, 5.74) is 7.25. The maximum Gasteiger partial charge on any atom is 0.0540 e. The van der Waals surface area contributed by atoms with Crippen LogP contribution in [-0.4, -0.2) is 4.98 Å². The molecule has 0 saturated carbocycles. The van der Waals surface area contributed by atoms with Gasteiger partial charge in [0.2, 0.25) is 0 Å². The Balaban J connectivity index is 1.96. The molecular formula is C29H29N. The molecule has 1 heterocycles. The Morgan fingerprint density at radius 2 is 1.30 bits per heavy atom. The van der Waals surface area contributed by atoms with Crippen LogP contribution in [0.5, 0.6) is 0 Å². The Kier molecular flexibility index (Phi) is 3.28. The quantitative estimate of drug-likeness (QED) is 0.256. The Bertz CT molecular complexity index is 1510. The monoisotopic (exact) mass is 391 g/mol. The third-order valence-corrected chi connectivity index (χ3v) is 7.11. The summed E-state index contributed by atoms with van der Waals surface area (Å²) in [5, 5.41) is 9.83. The van der Waals surface area contributed by atoms with E-state index in [1.54, 1.807) is 0 Å². The summed E-state index contributed by atoms with van der Waals surface area (Å²) in [4.78, 5) is 3.59. The predicted octanol–water partition coefficient (Wildman–Crippen LogP) is 8.23. The van der Waals surface area contributed by atoms with Crippen LogP contribution in [0.15, 0.2) is 42.6 Å². The normalized spacial score (nSPS) is 14.7. The van der Waals surface area contributed by atoms with E-state index in [1.165, 1.54) is 65.5 Å². The summed E-state index contributed by atoms with van der Waals surface area (Å²) >= 11 is 0. The topological polar surface area (TPSA) is 15.8 Å². The highest BCUT2D eigenvalue weighted by atomic mass is 14.7. The number of aromatic amines is 1.